The smallest absolute Gasteiger partial charge is 0.165 e. The van der Waals surface area contributed by atoms with E-state index in [-0.39, 0.29) is 0 Å². The van der Waals surface area contributed by atoms with Gasteiger partial charge in [0.25, 0.3) is 0 Å². The second-order valence-electron chi connectivity index (χ2n) is 4.78. The molecule has 7 heteroatoms. The van der Waals surface area contributed by atoms with Gasteiger partial charge in [0, 0.05) is 20.3 Å². The van der Waals surface area contributed by atoms with Crippen molar-refractivity contribution in [2.75, 3.05) is 33.5 Å². The largest absolute Gasteiger partial charge is 0.383 e. The Hall–Kier alpha value is -1.05. The van der Waals surface area contributed by atoms with Crippen LogP contribution in [0.15, 0.2) is 0 Å². The molecular formula is C12H25N5O2. The van der Waals surface area contributed by atoms with Crippen LogP contribution in [0.5, 0.6) is 0 Å². The number of nitrogens with one attached hydrogen (secondary N) is 1. The third-order valence-electron chi connectivity index (χ3n) is 2.66. The lowest BCUT2D eigenvalue weighted by atomic mass is 10.1. The van der Waals surface area contributed by atoms with Crippen molar-refractivity contribution in [3.05, 3.63) is 5.82 Å². The maximum atomic E-state index is 5.56. The Bertz CT molecular complexity index is 330. The van der Waals surface area contributed by atoms with Gasteiger partial charge in [0.15, 0.2) is 5.82 Å². The third kappa shape index (κ3) is 7.19. The van der Waals surface area contributed by atoms with Crippen molar-refractivity contribution in [2.45, 2.75) is 33.4 Å². The molecule has 0 amide bonds. The third-order valence-corrected chi connectivity index (χ3v) is 2.66. The molecule has 0 aliphatic heterocycles. The van der Waals surface area contributed by atoms with Crippen molar-refractivity contribution < 1.29 is 9.47 Å². The lowest BCUT2D eigenvalue weighted by Gasteiger charge is -2.08. The van der Waals surface area contributed by atoms with E-state index >= 15 is 0 Å². The van der Waals surface area contributed by atoms with Crippen molar-refractivity contribution in [3.63, 3.8) is 0 Å². The molecular weight excluding hydrogens is 246 g/mol. The van der Waals surface area contributed by atoms with Crippen LogP contribution < -0.4 is 5.32 Å². The predicted octanol–water partition coefficient (Wildman–Crippen LogP) is 0.472. The maximum Gasteiger partial charge on any atom is 0.165 e. The quantitative estimate of drug-likeness (QED) is 0.590. The lowest BCUT2D eigenvalue weighted by Crippen LogP contribution is -2.22. The lowest BCUT2D eigenvalue weighted by molar-refractivity contribution is 0.113. The number of nitrogens with zero attached hydrogens (tertiary/aromatic N) is 4. The van der Waals surface area contributed by atoms with Crippen molar-refractivity contribution >= 4 is 0 Å². The summed E-state index contributed by atoms with van der Waals surface area (Å²) in [5, 5.41) is 14.8. The van der Waals surface area contributed by atoms with Gasteiger partial charge < -0.3 is 14.8 Å². The molecule has 1 heterocycles. The van der Waals surface area contributed by atoms with E-state index in [9.17, 15) is 0 Å². The summed E-state index contributed by atoms with van der Waals surface area (Å²) < 4.78 is 12.3. The second kappa shape index (κ2) is 9.82. The highest BCUT2D eigenvalue weighted by atomic mass is 16.5. The molecule has 0 fully saturated rings. The van der Waals surface area contributed by atoms with Crippen molar-refractivity contribution in [2.24, 2.45) is 5.92 Å². The molecule has 0 saturated heterocycles. The van der Waals surface area contributed by atoms with Crippen LogP contribution in [0.25, 0.3) is 0 Å². The molecule has 0 bridgehead atoms. The molecule has 1 rings (SSSR count). The minimum absolute atomic E-state index is 0.641. The SMILES string of the molecule is COCCNCc1nnnn1CCOCCC(C)C. The number of tetrazole rings is 1. The minimum Gasteiger partial charge on any atom is -0.383 e. The summed E-state index contributed by atoms with van der Waals surface area (Å²) in [4.78, 5) is 0. The van der Waals surface area contributed by atoms with Crippen LogP contribution in [0.1, 0.15) is 26.1 Å². The zero-order chi connectivity index (χ0) is 13.9. The molecule has 0 radical (unpaired) electrons. The van der Waals surface area contributed by atoms with Crippen LogP contribution in [0.4, 0.5) is 0 Å². The zero-order valence-corrected chi connectivity index (χ0v) is 12.1. The van der Waals surface area contributed by atoms with Gasteiger partial charge in [-0.2, -0.15) is 0 Å². The molecule has 0 atom stereocenters. The summed E-state index contributed by atoms with van der Waals surface area (Å²) in [6.07, 6.45) is 1.08. The number of hydrogen-bond acceptors (Lipinski definition) is 6. The highest BCUT2D eigenvalue weighted by Crippen LogP contribution is 1.99. The van der Waals surface area contributed by atoms with Gasteiger partial charge >= 0.3 is 0 Å². The van der Waals surface area contributed by atoms with Crippen LogP contribution in [-0.4, -0.2) is 53.7 Å². The van der Waals surface area contributed by atoms with E-state index in [0.29, 0.717) is 32.2 Å². The van der Waals surface area contributed by atoms with Crippen LogP contribution >= 0.6 is 0 Å². The van der Waals surface area contributed by atoms with Crippen LogP contribution in [-0.2, 0) is 22.6 Å². The van der Waals surface area contributed by atoms with Gasteiger partial charge in [-0.1, -0.05) is 13.8 Å². The molecule has 0 spiro atoms. The van der Waals surface area contributed by atoms with Gasteiger partial charge in [0.05, 0.1) is 26.3 Å². The van der Waals surface area contributed by atoms with Gasteiger partial charge in [0.1, 0.15) is 0 Å². The first-order chi connectivity index (χ1) is 9.24. The molecule has 0 aliphatic carbocycles. The van der Waals surface area contributed by atoms with Gasteiger partial charge in [-0.3, -0.25) is 0 Å². The Morgan fingerprint density at radius 2 is 2.11 bits per heavy atom. The summed E-state index contributed by atoms with van der Waals surface area (Å²) >= 11 is 0. The normalized spacial score (nSPS) is 11.4. The van der Waals surface area contributed by atoms with E-state index in [4.69, 9.17) is 9.47 Å². The highest BCUT2D eigenvalue weighted by molar-refractivity contribution is 4.79. The van der Waals surface area contributed by atoms with Crippen molar-refractivity contribution in [3.8, 4) is 0 Å². The van der Waals surface area contributed by atoms with Crippen molar-refractivity contribution in [1.29, 1.82) is 0 Å². The van der Waals surface area contributed by atoms with Gasteiger partial charge in [-0.15, -0.1) is 5.10 Å². The molecule has 1 N–H and O–H groups in total. The Balaban J connectivity index is 2.17. The Kier molecular flexibility index (Phi) is 8.28. The Morgan fingerprint density at radius 1 is 1.26 bits per heavy atom. The first kappa shape index (κ1) is 16.0. The number of ether oxygens (including phenoxy) is 2. The van der Waals surface area contributed by atoms with E-state index in [1.54, 1.807) is 11.8 Å². The van der Waals surface area contributed by atoms with Crippen LogP contribution in [0.2, 0.25) is 0 Å². The van der Waals surface area contributed by atoms with Gasteiger partial charge in [-0.05, 0) is 22.8 Å². The number of aromatic nitrogens is 4. The van der Waals surface area contributed by atoms with E-state index in [1.165, 1.54) is 0 Å². The highest BCUT2D eigenvalue weighted by Gasteiger charge is 2.05. The molecule has 7 nitrogen and oxygen atoms in total. The number of hydrogen-bond donors (Lipinski definition) is 1. The van der Waals surface area contributed by atoms with Gasteiger partial charge in [-0.25, -0.2) is 4.68 Å². The fourth-order valence-corrected chi connectivity index (χ4v) is 1.47. The molecule has 0 aliphatic rings. The standard InChI is InChI=1S/C12H25N5O2/c1-11(2)4-7-19-9-6-17-12(14-15-16-17)10-13-5-8-18-3/h11,13H,4-10H2,1-3H3. The zero-order valence-electron chi connectivity index (χ0n) is 12.1. The van der Waals surface area contributed by atoms with Crippen LogP contribution in [0.3, 0.4) is 0 Å². The molecule has 0 unspecified atom stereocenters. The summed E-state index contributed by atoms with van der Waals surface area (Å²) in [5.74, 6) is 1.50. The van der Waals surface area contributed by atoms with E-state index in [0.717, 1.165) is 25.4 Å². The first-order valence-corrected chi connectivity index (χ1v) is 6.76. The fraction of sp³-hybridized carbons (Fsp3) is 0.917. The topological polar surface area (TPSA) is 74.1 Å². The molecule has 0 saturated carbocycles. The molecule has 1 aromatic heterocycles. The maximum absolute atomic E-state index is 5.56. The average molecular weight is 271 g/mol. The molecule has 0 aromatic carbocycles. The molecule has 110 valence electrons. The summed E-state index contributed by atoms with van der Waals surface area (Å²) in [6, 6.07) is 0. The molecule has 1 aromatic rings. The summed E-state index contributed by atoms with van der Waals surface area (Å²) in [7, 11) is 1.68. The minimum atomic E-state index is 0.641. The van der Waals surface area contributed by atoms with E-state index in [1.807, 2.05) is 0 Å². The average Bonchev–Trinajstić information content (AvgIpc) is 2.81. The Labute approximate surface area is 114 Å². The van der Waals surface area contributed by atoms with E-state index < -0.39 is 0 Å². The predicted molar refractivity (Wildman–Crippen MR) is 71.7 cm³/mol. The second-order valence-corrected chi connectivity index (χ2v) is 4.78. The summed E-state index contributed by atoms with van der Waals surface area (Å²) in [5.41, 5.74) is 0. The van der Waals surface area contributed by atoms with Crippen molar-refractivity contribution in [1.82, 2.24) is 25.5 Å². The van der Waals surface area contributed by atoms with Gasteiger partial charge in [0.2, 0.25) is 0 Å². The molecule has 19 heavy (non-hydrogen) atoms. The Morgan fingerprint density at radius 3 is 2.84 bits per heavy atom. The monoisotopic (exact) mass is 271 g/mol. The van der Waals surface area contributed by atoms with E-state index in [2.05, 4.69) is 34.7 Å². The fourth-order valence-electron chi connectivity index (χ4n) is 1.47. The number of methoxy groups -OCH3 is 1. The first-order valence-electron chi connectivity index (χ1n) is 6.76. The van der Waals surface area contributed by atoms with Crippen LogP contribution in [0, 0.1) is 5.92 Å². The summed E-state index contributed by atoms with van der Waals surface area (Å²) in [6.45, 7) is 8.61. The number of rotatable bonds is 11.